The molecule has 106 valence electrons. The van der Waals surface area contributed by atoms with Crippen molar-refractivity contribution >= 4 is 0 Å². The summed E-state index contributed by atoms with van der Waals surface area (Å²) in [7, 11) is 0. The maximum atomic E-state index is 13.1. The van der Waals surface area contributed by atoms with E-state index < -0.39 is 23.3 Å². The van der Waals surface area contributed by atoms with Crippen LogP contribution in [0.2, 0.25) is 0 Å². The molecule has 0 aliphatic rings. The molecule has 0 atom stereocenters. The van der Waals surface area contributed by atoms with Crippen LogP contribution in [0.3, 0.4) is 0 Å². The first-order valence-electron chi connectivity index (χ1n) is 5.64. The van der Waals surface area contributed by atoms with E-state index in [4.69, 9.17) is 9.84 Å². The Hall–Kier alpha value is -2.24. The van der Waals surface area contributed by atoms with Crippen LogP contribution in [0.25, 0.3) is 0 Å². The molecule has 0 bridgehead atoms. The van der Waals surface area contributed by atoms with Gasteiger partial charge in [-0.1, -0.05) is 6.07 Å². The fraction of sp³-hybridized carbons (Fsp3) is 0.143. The van der Waals surface area contributed by atoms with Gasteiger partial charge in [-0.05, 0) is 42.0 Å². The van der Waals surface area contributed by atoms with E-state index in [1.165, 1.54) is 24.3 Å². The highest BCUT2D eigenvalue weighted by molar-refractivity contribution is 5.30. The van der Waals surface area contributed by atoms with Gasteiger partial charge in [0.05, 0.1) is 5.56 Å². The summed E-state index contributed by atoms with van der Waals surface area (Å²) in [5.74, 6) is -1.01. The topological polar surface area (TPSA) is 29.5 Å². The van der Waals surface area contributed by atoms with Crippen molar-refractivity contribution in [2.45, 2.75) is 12.8 Å². The van der Waals surface area contributed by atoms with Gasteiger partial charge < -0.3 is 9.84 Å². The van der Waals surface area contributed by atoms with E-state index >= 15 is 0 Å². The average molecular weight is 286 g/mol. The molecule has 0 aliphatic heterocycles. The lowest BCUT2D eigenvalue weighted by molar-refractivity contribution is -0.137. The number of aromatic hydroxyl groups is 1. The smallest absolute Gasteiger partial charge is 0.416 e. The Morgan fingerprint density at radius 1 is 1.00 bits per heavy atom. The Morgan fingerprint density at radius 2 is 1.65 bits per heavy atom. The molecule has 0 spiro atoms. The molecular weight excluding hydrogens is 276 g/mol. The fourth-order valence-electron chi connectivity index (χ4n) is 1.55. The van der Waals surface area contributed by atoms with Crippen molar-refractivity contribution < 1.29 is 27.4 Å². The summed E-state index contributed by atoms with van der Waals surface area (Å²) in [5.41, 5.74) is -0.305. The highest BCUT2D eigenvalue weighted by Gasteiger charge is 2.29. The van der Waals surface area contributed by atoms with Crippen molar-refractivity contribution in [1.29, 1.82) is 0 Å². The van der Waals surface area contributed by atoms with Crippen molar-refractivity contribution in [3.8, 4) is 11.5 Å². The third-order valence-corrected chi connectivity index (χ3v) is 2.60. The van der Waals surface area contributed by atoms with Crippen LogP contribution in [0.15, 0.2) is 42.5 Å². The molecule has 0 saturated heterocycles. The number of rotatable bonds is 3. The van der Waals surface area contributed by atoms with Crippen molar-refractivity contribution in [3.05, 3.63) is 59.4 Å². The maximum Gasteiger partial charge on any atom is 0.416 e. The molecule has 2 aromatic carbocycles. The molecule has 2 rings (SSSR count). The zero-order valence-electron chi connectivity index (χ0n) is 10.1. The summed E-state index contributed by atoms with van der Waals surface area (Å²) in [6.07, 6.45) is -4.39. The van der Waals surface area contributed by atoms with Gasteiger partial charge in [0.15, 0.2) is 11.6 Å². The van der Waals surface area contributed by atoms with Crippen LogP contribution in [0.1, 0.15) is 11.1 Å². The number of halogens is 4. The number of alkyl halides is 3. The van der Waals surface area contributed by atoms with E-state index in [1.54, 1.807) is 0 Å². The summed E-state index contributed by atoms with van der Waals surface area (Å²) >= 11 is 0. The zero-order chi connectivity index (χ0) is 14.8. The molecule has 0 aliphatic carbocycles. The van der Waals surface area contributed by atoms with Crippen LogP contribution in [-0.4, -0.2) is 5.11 Å². The summed E-state index contributed by atoms with van der Waals surface area (Å²) in [6.45, 7) is -0.0113. The van der Waals surface area contributed by atoms with Crippen LogP contribution >= 0.6 is 0 Å². The lowest BCUT2D eigenvalue weighted by Gasteiger charge is -2.09. The van der Waals surface area contributed by atoms with E-state index in [9.17, 15) is 17.6 Å². The van der Waals surface area contributed by atoms with Gasteiger partial charge in [-0.15, -0.1) is 0 Å². The molecule has 6 heteroatoms. The molecular formula is C14H10F4O2. The lowest BCUT2D eigenvalue weighted by Crippen LogP contribution is -2.04. The third-order valence-electron chi connectivity index (χ3n) is 2.60. The molecule has 0 amide bonds. The molecule has 20 heavy (non-hydrogen) atoms. The predicted octanol–water partition coefficient (Wildman–Crippen LogP) is 4.13. The lowest BCUT2D eigenvalue weighted by atomic mass is 10.2. The highest BCUT2D eigenvalue weighted by atomic mass is 19.4. The maximum absolute atomic E-state index is 13.1. The largest absolute Gasteiger partial charge is 0.505 e. The van der Waals surface area contributed by atoms with E-state index in [1.807, 2.05) is 0 Å². The minimum Gasteiger partial charge on any atom is -0.505 e. The van der Waals surface area contributed by atoms with Gasteiger partial charge in [-0.2, -0.15) is 13.2 Å². The minimum atomic E-state index is -4.39. The fourth-order valence-corrected chi connectivity index (χ4v) is 1.55. The van der Waals surface area contributed by atoms with Gasteiger partial charge in [-0.3, -0.25) is 0 Å². The van der Waals surface area contributed by atoms with E-state index in [2.05, 4.69) is 0 Å². The minimum absolute atomic E-state index is 0.0113. The Balaban J connectivity index is 2.02. The van der Waals surface area contributed by atoms with E-state index in [0.717, 1.165) is 18.2 Å². The van der Waals surface area contributed by atoms with Gasteiger partial charge in [0, 0.05) is 0 Å². The summed E-state index contributed by atoms with van der Waals surface area (Å²) in [4.78, 5) is 0. The number of phenolic OH excluding ortho intramolecular Hbond substituents is 1. The van der Waals surface area contributed by atoms with Crippen LogP contribution in [0.4, 0.5) is 17.6 Å². The van der Waals surface area contributed by atoms with Crippen LogP contribution in [-0.2, 0) is 12.8 Å². The molecule has 0 radical (unpaired) electrons. The van der Waals surface area contributed by atoms with Crippen molar-refractivity contribution in [2.75, 3.05) is 0 Å². The van der Waals surface area contributed by atoms with Crippen LogP contribution < -0.4 is 4.74 Å². The number of benzene rings is 2. The second kappa shape index (κ2) is 5.40. The molecule has 0 aromatic heterocycles. The highest BCUT2D eigenvalue weighted by Crippen LogP contribution is 2.30. The predicted molar refractivity (Wildman–Crippen MR) is 63.8 cm³/mol. The quantitative estimate of drug-likeness (QED) is 0.860. The molecule has 1 N–H and O–H groups in total. The first-order valence-corrected chi connectivity index (χ1v) is 5.64. The Labute approximate surface area is 112 Å². The van der Waals surface area contributed by atoms with Crippen molar-refractivity contribution in [2.24, 2.45) is 0 Å². The second-order valence-corrected chi connectivity index (χ2v) is 4.10. The van der Waals surface area contributed by atoms with Gasteiger partial charge in [0.2, 0.25) is 0 Å². The van der Waals surface area contributed by atoms with Gasteiger partial charge >= 0.3 is 6.18 Å². The molecule has 2 nitrogen and oxygen atoms in total. The zero-order valence-corrected chi connectivity index (χ0v) is 10.1. The van der Waals surface area contributed by atoms with Gasteiger partial charge in [-0.25, -0.2) is 4.39 Å². The first-order chi connectivity index (χ1) is 9.36. The molecule has 0 unspecified atom stereocenters. The van der Waals surface area contributed by atoms with Crippen molar-refractivity contribution in [1.82, 2.24) is 0 Å². The molecule has 2 aromatic rings. The molecule has 0 saturated carbocycles. The van der Waals surface area contributed by atoms with Crippen molar-refractivity contribution in [3.63, 3.8) is 0 Å². The molecule has 0 fully saturated rings. The molecule has 0 heterocycles. The van der Waals surface area contributed by atoms with E-state index in [-0.39, 0.29) is 12.4 Å². The van der Waals surface area contributed by atoms with E-state index in [0.29, 0.717) is 5.56 Å². The first kappa shape index (κ1) is 14.2. The summed E-state index contributed by atoms with van der Waals surface area (Å²) in [5, 5.41) is 9.01. The number of phenols is 1. The average Bonchev–Trinajstić information content (AvgIpc) is 2.40. The normalized spacial score (nSPS) is 11.4. The Morgan fingerprint density at radius 3 is 2.20 bits per heavy atom. The van der Waals surface area contributed by atoms with Crippen LogP contribution in [0.5, 0.6) is 11.5 Å². The Bertz CT molecular complexity index is 591. The summed E-state index contributed by atoms with van der Waals surface area (Å²) in [6, 6.07) is 7.95. The number of hydrogen-bond acceptors (Lipinski definition) is 2. The SMILES string of the molecule is Oc1ccc(COc2ccc(C(F)(F)F)cc2)cc1F. The summed E-state index contributed by atoms with van der Waals surface area (Å²) < 4.78 is 55.3. The van der Waals surface area contributed by atoms with Gasteiger partial charge in [0.1, 0.15) is 12.4 Å². The number of ether oxygens (including phenoxy) is 1. The van der Waals surface area contributed by atoms with Crippen LogP contribution in [0, 0.1) is 5.82 Å². The van der Waals surface area contributed by atoms with Gasteiger partial charge in [0.25, 0.3) is 0 Å². The second-order valence-electron chi connectivity index (χ2n) is 4.10. The standard InChI is InChI=1S/C14H10F4O2/c15-12-7-9(1-6-13(12)19)8-20-11-4-2-10(3-5-11)14(16,17)18/h1-7,19H,8H2. The monoisotopic (exact) mass is 286 g/mol. The Kier molecular flexibility index (Phi) is 3.83. The number of hydrogen-bond donors (Lipinski definition) is 1. The third kappa shape index (κ3) is 3.40.